The molecule has 0 atom stereocenters. The van der Waals surface area contributed by atoms with Crippen LogP contribution in [0, 0.1) is 15.0 Å². The van der Waals surface area contributed by atoms with Crippen LogP contribution in [-0.4, -0.2) is 18.0 Å². The zero-order chi connectivity index (χ0) is 12.1. The van der Waals surface area contributed by atoms with Crippen molar-refractivity contribution in [1.29, 1.82) is 0 Å². The monoisotopic (exact) mass is 225 g/mol. The minimum Gasteiger partial charge on any atom is -0.395 e. The third-order valence-corrected chi connectivity index (χ3v) is 1.94. The molecular weight excluding hydrogens is 214 g/mol. The fourth-order valence-corrected chi connectivity index (χ4v) is 1.20. The molecule has 1 aromatic rings. The van der Waals surface area contributed by atoms with Gasteiger partial charge in [-0.15, -0.1) is 4.91 Å². The van der Waals surface area contributed by atoms with Gasteiger partial charge in [-0.2, -0.15) is 0 Å². The van der Waals surface area contributed by atoms with Crippen LogP contribution in [-0.2, 0) is 0 Å². The van der Waals surface area contributed by atoms with Gasteiger partial charge in [-0.1, -0.05) is 0 Å². The molecule has 0 aliphatic carbocycles. The number of rotatable bonds is 5. The first kappa shape index (κ1) is 11.9. The molecule has 8 heteroatoms. The van der Waals surface area contributed by atoms with Gasteiger partial charge in [0.1, 0.15) is 0 Å². The number of nitrogens with two attached hydrogens (primary N) is 2. The van der Waals surface area contributed by atoms with E-state index in [9.17, 15) is 15.0 Å². The molecule has 0 fully saturated rings. The number of benzene rings is 1. The number of hydrogen-bond donors (Lipinski definition) is 3. The van der Waals surface area contributed by atoms with Crippen LogP contribution in [0.5, 0.6) is 0 Å². The molecule has 0 saturated heterocycles. The molecule has 0 spiro atoms. The molecular formula is C8H11N5O3. The predicted molar refractivity (Wildman–Crippen MR) is 60.5 cm³/mol. The molecule has 16 heavy (non-hydrogen) atoms. The molecule has 0 amide bonds. The minimum absolute atomic E-state index is 0.0438. The topological polar surface area (TPSA) is 137 Å². The van der Waals surface area contributed by atoms with Crippen molar-refractivity contribution in [3.05, 3.63) is 27.2 Å². The first-order valence-corrected chi connectivity index (χ1v) is 4.46. The predicted octanol–water partition coefficient (Wildman–Crippen LogP) is 0.946. The van der Waals surface area contributed by atoms with Gasteiger partial charge in [-0.3, -0.25) is 10.1 Å². The fraction of sp³-hybridized carbons (Fsp3) is 0.250. The maximum atomic E-state index is 10.6. The van der Waals surface area contributed by atoms with Crippen LogP contribution in [0.3, 0.4) is 0 Å². The van der Waals surface area contributed by atoms with E-state index in [1.165, 1.54) is 12.1 Å². The first-order chi connectivity index (χ1) is 7.61. The van der Waals surface area contributed by atoms with Gasteiger partial charge in [0.05, 0.1) is 16.3 Å². The van der Waals surface area contributed by atoms with Crippen molar-refractivity contribution >= 4 is 22.7 Å². The van der Waals surface area contributed by atoms with E-state index in [1.54, 1.807) is 0 Å². The highest BCUT2D eigenvalue weighted by atomic mass is 16.6. The summed E-state index contributed by atoms with van der Waals surface area (Å²) in [7, 11) is 0. The molecule has 5 N–H and O–H groups in total. The van der Waals surface area contributed by atoms with Crippen LogP contribution in [0.2, 0.25) is 0 Å². The zero-order valence-electron chi connectivity index (χ0n) is 8.34. The summed E-state index contributed by atoms with van der Waals surface area (Å²) in [5, 5.41) is 16.0. The summed E-state index contributed by atoms with van der Waals surface area (Å²) in [4.78, 5) is 20.4. The number of nitroso groups, excluding NO2 is 1. The standard InChI is InChI=1S/C8H11N5O3/c9-3-4-11-5-1-2-6(13(15)16)8(12-14)7(5)10/h1-2,11H,3-4,9-10H2. The second-order valence-corrected chi connectivity index (χ2v) is 2.96. The Balaban J connectivity index is 3.18. The molecule has 0 aliphatic rings. The van der Waals surface area contributed by atoms with Gasteiger partial charge in [0.2, 0.25) is 5.69 Å². The Morgan fingerprint density at radius 1 is 1.50 bits per heavy atom. The average Bonchev–Trinajstić information content (AvgIpc) is 2.26. The van der Waals surface area contributed by atoms with Crippen molar-refractivity contribution in [1.82, 2.24) is 0 Å². The molecule has 86 valence electrons. The third-order valence-electron chi connectivity index (χ3n) is 1.94. The highest BCUT2D eigenvalue weighted by molar-refractivity contribution is 5.84. The second kappa shape index (κ2) is 5.03. The van der Waals surface area contributed by atoms with E-state index in [-0.39, 0.29) is 11.4 Å². The van der Waals surface area contributed by atoms with Crippen molar-refractivity contribution < 1.29 is 4.92 Å². The average molecular weight is 225 g/mol. The van der Waals surface area contributed by atoms with E-state index < -0.39 is 10.6 Å². The number of hydrogen-bond acceptors (Lipinski definition) is 7. The van der Waals surface area contributed by atoms with Crippen LogP contribution in [0.1, 0.15) is 0 Å². The summed E-state index contributed by atoms with van der Waals surface area (Å²) < 4.78 is 0. The molecule has 1 aromatic carbocycles. The molecule has 0 heterocycles. The highest BCUT2D eigenvalue weighted by Gasteiger charge is 2.19. The van der Waals surface area contributed by atoms with Crippen LogP contribution in [0.25, 0.3) is 0 Å². The van der Waals surface area contributed by atoms with Crippen LogP contribution >= 0.6 is 0 Å². The molecule has 0 aromatic heterocycles. The Morgan fingerprint density at radius 2 is 2.19 bits per heavy atom. The Morgan fingerprint density at radius 3 is 2.69 bits per heavy atom. The van der Waals surface area contributed by atoms with Gasteiger partial charge in [-0.05, 0) is 11.2 Å². The van der Waals surface area contributed by atoms with Crippen LogP contribution < -0.4 is 16.8 Å². The highest BCUT2D eigenvalue weighted by Crippen LogP contribution is 2.38. The van der Waals surface area contributed by atoms with E-state index in [2.05, 4.69) is 10.5 Å². The lowest BCUT2D eigenvalue weighted by Gasteiger charge is -2.08. The zero-order valence-corrected chi connectivity index (χ0v) is 8.34. The largest absolute Gasteiger partial charge is 0.395 e. The molecule has 0 aliphatic heterocycles. The van der Waals surface area contributed by atoms with Crippen LogP contribution in [0.4, 0.5) is 22.7 Å². The summed E-state index contributed by atoms with van der Waals surface area (Å²) in [6, 6.07) is 2.59. The van der Waals surface area contributed by atoms with Gasteiger partial charge in [-0.25, -0.2) is 0 Å². The van der Waals surface area contributed by atoms with Crippen molar-refractivity contribution in [3.63, 3.8) is 0 Å². The SMILES string of the molecule is NCCNc1ccc([N+](=O)[O-])c(N=O)c1N. The van der Waals surface area contributed by atoms with E-state index >= 15 is 0 Å². The lowest BCUT2D eigenvalue weighted by molar-refractivity contribution is -0.384. The van der Waals surface area contributed by atoms with Gasteiger partial charge >= 0.3 is 5.69 Å². The smallest absolute Gasteiger partial charge is 0.300 e. The summed E-state index contributed by atoms with van der Waals surface area (Å²) in [6.07, 6.45) is 0. The normalized spacial score (nSPS) is 9.81. The van der Waals surface area contributed by atoms with Gasteiger partial charge < -0.3 is 16.8 Å². The minimum atomic E-state index is -0.709. The lowest BCUT2D eigenvalue weighted by Crippen LogP contribution is -2.14. The maximum Gasteiger partial charge on any atom is 0.300 e. The first-order valence-electron chi connectivity index (χ1n) is 4.46. The summed E-state index contributed by atoms with van der Waals surface area (Å²) in [5.41, 5.74) is 10.4. The van der Waals surface area contributed by atoms with E-state index in [4.69, 9.17) is 11.5 Å². The summed E-state index contributed by atoms with van der Waals surface area (Å²) in [5.74, 6) is 0. The van der Waals surface area contributed by atoms with Crippen molar-refractivity contribution in [2.24, 2.45) is 10.9 Å². The number of nitro benzene ring substituents is 1. The second-order valence-electron chi connectivity index (χ2n) is 2.96. The van der Waals surface area contributed by atoms with Gasteiger partial charge in [0, 0.05) is 19.2 Å². The number of anilines is 2. The van der Waals surface area contributed by atoms with Gasteiger partial charge in [0.25, 0.3) is 0 Å². The number of nitrogens with one attached hydrogen (secondary N) is 1. The van der Waals surface area contributed by atoms with Crippen molar-refractivity contribution in [2.45, 2.75) is 0 Å². The fourth-order valence-electron chi connectivity index (χ4n) is 1.20. The summed E-state index contributed by atoms with van der Waals surface area (Å²) in [6.45, 7) is 0.820. The third kappa shape index (κ3) is 2.23. The van der Waals surface area contributed by atoms with E-state index in [0.29, 0.717) is 18.8 Å². The lowest BCUT2D eigenvalue weighted by atomic mass is 10.2. The quantitative estimate of drug-likeness (QED) is 0.295. The van der Waals surface area contributed by atoms with E-state index in [0.717, 1.165) is 0 Å². The van der Waals surface area contributed by atoms with Crippen molar-refractivity contribution in [3.8, 4) is 0 Å². The Kier molecular flexibility index (Phi) is 3.72. The molecule has 0 bridgehead atoms. The number of nitrogens with zero attached hydrogens (tertiary/aromatic N) is 2. The number of nitrogen functional groups attached to an aromatic ring is 1. The van der Waals surface area contributed by atoms with Crippen LogP contribution in [0.15, 0.2) is 17.3 Å². The molecule has 8 nitrogen and oxygen atoms in total. The van der Waals surface area contributed by atoms with E-state index in [1.807, 2.05) is 0 Å². The Hall–Kier alpha value is -2.22. The molecule has 1 rings (SSSR count). The molecule has 0 radical (unpaired) electrons. The number of nitro groups is 1. The maximum absolute atomic E-state index is 10.6. The molecule has 0 saturated carbocycles. The van der Waals surface area contributed by atoms with Crippen molar-refractivity contribution in [2.75, 3.05) is 24.1 Å². The Bertz CT molecular complexity index is 420. The summed E-state index contributed by atoms with van der Waals surface area (Å²) >= 11 is 0. The Labute approximate surface area is 90.7 Å². The molecule has 0 unspecified atom stereocenters. The van der Waals surface area contributed by atoms with Gasteiger partial charge in [0.15, 0.2) is 0 Å².